The molecule has 1 saturated heterocycles. The predicted octanol–water partition coefficient (Wildman–Crippen LogP) is 1.40. The molecule has 0 bridgehead atoms. The standard InChI is InChI=1S/C8H17FN2.CH4/c1-7(2)11-4-3-8(10,5-9)6-11;/h7H,3-6,10H2,1-2H3;1H4/t8-;/m1./s1. The molecule has 0 aliphatic carbocycles. The number of nitrogens with zero attached hydrogens (tertiary/aromatic N) is 1. The van der Waals surface area contributed by atoms with Crippen LogP contribution in [0.3, 0.4) is 0 Å². The first-order chi connectivity index (χ1) is 5.07. The van der Waals surface area contributed by atoms with Crippen molar-refractivity contribution in [2.75, 3.05) is 19.8 Å². The lowest BCUT2D eigenvalue weighted by Gasteiger charge is -2.23. The summed E-state index contributed by atoms with van der Waals surface area (Å²) in [7, 11) is 0. The van der Waals surface area contributed by atoms with E-state index in [0.717, 1.165) is 13.0 Å². The topological polar surface area (TPSA) is 29.3 Å². The van der Waals surface area contributed by atoms with E-state index in [9.17, 15) is 4.39 Å². The minimum Gasteiger partial charge on any atom is -0.322 e. The van der Waals surface area contributed by atoms with E-state index < -0.39 is 12.2 Å². The van der Waals surface area contributed by atoms with Crippen LogP contribution in [-0.4, -0.2) is 36.2 Å². The van der Waals surface area contributed by atoms with Gasteiger partial charge in [0.25, 0.3) is 0 Å². The summed E-state index contributed by atoms with van der Waals surface area (Å²) in [5.41, 5.74) is 5.22. The maximum atomic E-state index is 12.4. The van der Waals surface area contributed by atoms with E-state index in [1.54, 1.807) is 0 Å². The Kier molecular flexibility index (Phi) is 4.14. The van der Waals surface area contributed by atoms with E-state index in [2.05, 4.69) is 18.7 Å². The number of likely N-dealkylation sites (tertiary alicyclic amines) is 1. The Morgan fingerprint density at radius 3 is 2.42 bits per heavy atom. The molecule has 1 aliphatic rings. The second-order valence-electron chi connectivity index (χ2n) is 3.81. The molecule has 1 rings (SSSR count). The Bertz CT molecular complexity index is 138. The van der Waals surface area contributed by atoms with Crippen LogP contribution in [0.1, 0.15) is 27.7 Å². The second-order valence-corrected chi connectivity index (χ2v) is 3.81. The molecule has 0 saturated carbocycles. The number of nitrogens with two attached hydrogens (primary N) is 1. The molecule has 0 unspecified atom stereocenters. The van der Waals surface area contributed by atoms with E-state index in [1.165, 1.54) is 0 Å². The van der Waals surface area contributed by atoms with Gasteiger partial charge < -0.3 is 5.73 Å². The molecule has 12 heavy (non-hydrogen) atoms. The molecule has 2 N–H and O–H groups in total. The highest BCUT2D eigenvalue weighted by Gasteiger charge is 2.35. The summed E-state index contributed by atoms with van der Waals surface area (Å²) >= 11 is 0. The van der Waals surface area contributed by atoms with Gasteiger partial charge in [-0.2, -0.15) is 0 Å². The van der Waals surface area contributed by atoms with E-state index in [4.69, 9.17) is 5.73 Å². The average molecular weight is 176 g/mol. The third-order valence-electron chi connectivity index (χ3n) is 2.41. The molecule has 0 aromatic carbocycles. The molecule has 1 heterocycles. The quantitative estimate of drug-likeness (QED) is 0.689. The summed E-state index contributed by atoms with van der Waals surface area (Å²) in [5, 5.41) is 0. The number of halogens is 1. The Balaban J connectivity index is 0.00000121. The van der Waals surface area contributed by atoms with Gasteiger partial charge in [0.05, 0.1) is 5.54 Å². The summed E-state index contributed by atoms with van der Waals surface area (Å²) in [6, 6.07) is 0.493. The van der Waals surface area contributed by atoms with Gasteiger partial charge in [-0.25, -0.2) is 4.39 Å². The first-order valence-electron chi connectivity index (χ1n) is 4.16. The fraction of sp³-hybridized carbons (Fsp3) is 1.00. The fourth-order valence-electron chi connectivity index (χ4n) is 1.48. The molecule has 0 aromatic rings. The normalized spacial score (nSPS) is 30.8. The Morgan fingerprint density at radius 2 is 2.17 bits per heavy atom. The molecule has 0 radical (unpaired) electrons. The molecule has 0 amide bonds. The van der Waals surface area contributed by atoms with Crippen LogP contribution in [0.4, 0.5) is 4.39 Å². The fourth-order valence-corrected chi connectivity index (χ4v) is 1.48. The molecule has 3 heteroatoms. The van der Waals surface area contributed by atoms with Gasteiger partial charge in [0.15, 0.2) is 0 Å². The molecule has 1 aliphatic heterocycles. The van der Waals surface area contributed by atoms with Gasteiger partial charge >= 0.3 is 0 Å². The first kappa shape index (κ1) is 11.8. The molecular formula is C9H21FN2. The highest BCUT2D eigenvalue weighted by Crippen LogP contribution is 2.20. The zero-order valence-electron chi connectivity index (χ0n) is 7.31. The SMILES string of the molecule is C.CC(C)N1CC[C@@](N)(CF)C1. The average Bonchev–Trinajstić information content (AvgIpc) is 2.33. The van der Waals surface area contributed by atoms with Gasteiger partial charge in [-0.15, -0.1) is 0 Å². The van der Waals surface area contributed by atoms with Crippen LogP contribution in [0.15, 0.2) is 0 Å². The minimum atomic E-state index is -0.551. The zero-order chi connectivity index (χ0) is 8.48. The molecule has 74 valence electrons. The van der Waals surface area contributed by atoms with Crippen molar-refractivity contribution in [1.29, 1.82) is 0 Å². The van der Waals surface area contributed by atoms with Gasteiger partial charge in [0.1, 0.15) is 6.67 Å². The highest BCUT2D eigenvalue weighted by atomic mass is 19.1. The minimum absolute atomic E-state index is 0. The van der Waals surface area contributed by atoms with Crippen LogP contribution in [0.25, 0.3) is 0 Å². The largest absolute Gasteiger partial charge is 0.322 e. The summed E-state index contributed by atoms with van der Waals surface area (Å²) in [4.78, 5) is 2.22. The third kappa shape index (κ3) is 2.42. The molecule has 1 atom stereocenters. The van der Waals surface area contributed by atoms with Crippen molar-refractivity contribution in [2.24, 2.45) is 5.73 Å². The maximum absolute atomic E-state index is 12.4. The number of alkyl halides is 1. The van der Waals surface area contributed by atoms with Crippen molar-refractivity contribution in [3.63, 3.8) is 0 Å². The number of hydrogen-bond acceptors (Lipinski definition) is 2. The summed E-state index contributed by atoms with van der Waals surface area (Å²) in [6.07, 6.45) is 0.793. The van der Waals surface area contributed by atoms with E-state index in [-0.39, 0.29) is 7.43 Å². The molecule has 1 fully saturated rings. The van der Waals surface area contributed by atoms with Crippen LogP contribution in [0, 0.1) is 0 Å². The lowest BCUT2D eigenvalue weighted by molar-refractivity contribution is 0.238. The van der Waals surface area contributed by atoms with Crippen LogP contribution < -0.4 is 5.73 Å². The van der Waals surface area contributed by atoms with Crippen LogP contribution in [0.5, 0.6) is 0 Å². The summed E-state index contributed by atoms with van der Waals surface area (Å²) in [6.45, 7) is 5.49. The van der Waals surface area contributed by atoms with Crippen molar-refractivity contribution in [1.82, 2.24) is 4.90 Å². The van der Waals surface area contributed by atoms with Gasteiger partial charge in [0.2, 0.25) is 0 Å². The van der Waals surface area contributed by atoms with E-state index >= 15 is 0 Å². The van der Waals surface area contributed by atoms with Crippen LogP contribution >= 0.6 is 0 Å². The van der Waals surface area contributed by atoms with E-state index in [0.29, 0.717) is 12.6 Å². The first-order valence-corrected chi connectivity index (χ1v) is 4.16. The van der Waals surface area contributed by atoms with Crippen molar-refractivity contribution in [3.8, 4) is 0 Å². The van der Waals surface area contributed by atoms with Crippen molar-refractivity contribution in [3.05, 3.63) is 0 Å². The van der Waals surface area contributed by atoms with Crippen molar-refractivity contribution < 1.29 is 4.39 Å². The predicted molar refractivity (Wildman–Crippen MR) is 51.0 cm³/mol. The van der Waals surface area contributed by atoms with Crippen LogP contribution in [-0.2, 0) is 0 Å². The van der Waals surface area contributed by atoms with Gasteiger partial charge in [0, 0.05) is 19.1 Å². The second kappa shape index (κ2) is 4.19. The zero-order valence-corrected chi connectivity index (χ0v) is 7.31. The maximum Gasteiger partial charge on any atom is 0.109 e. The van der Waals surface area contributed by atoms with Crippen LogP contribution in [0.2, 0.25) is 0 Å². The third-order valence-corrected chi connectivity index (χ3v) is 2.41. The molecule has 2 nitrogen and oxygen atoms in total. The Morgan fingerprint density at radius 1 is 1.58 bits per heavy atom. The number of hydrogen-bond donors (Lipinski definition) is 1. The number of rotatable bonds is 2. The van der Waals surface area contributed by atoms with Gasteiger partial charge in [-0.1, -0.05) is 7.43 Å². The lowest BCUT2D eigenvalue weighted by Crippen LogP contribution is -2.45. The molecule has 0 aromatic heterocycles. The Labute approximate surface area is 74.9 Å². The van der Waals surface area contributed by atoms with Crippen molar-refractivity contribution >= 4 is 0 Å². The molecule has 0 spiro atoms. The van der Waals surface area contributed by atoms with Gasteiger partial charge in [-0.05, 0) is 20.3 Å². The Hall–Kier alpha value is -0.150. The monoisotopic (exact) mass is 176 g/mol. The van der Waals surface area contributed by atoms with E-state index in [1.807, 2.05) is 0 Å². The summed E-state index contributed by atoms with van der Waals surface area (Å²) in [5.74, 6) is 0. The molecular weight excluding hydrogens is 155 g/mol. The summed E-state index contributed by atoms with van der Waals surface area (Å²) < 4.78 is 12.4. The highest BCUT2D eigenvalue weighted by molar-refractivity contribution is 4.94. The smallest absolute Gasteiger partial charge is 0.109 e. The lowest BCUT2D eigenvalue weighted by atomic mass is 10.0. The van der Waals surface area contributed by atoms with Crippen molar-refractivity contribution in [2.45, 2.75) is 39.3 Å². The van der Waals surface area contributed by atoms with Gasteiger partial charge in [-0.3, -0.25) is 4.90 Å².